The van der Waals surface area contributed by atoms with Crippen LogP contribution < -0.4 is 5.32 Å². The number of nitrogens with zero attached hydrogens (tertiary/aromatic N) is 1. The Kier molecular flexibility index (Phi) is 0.977. The van der Waals surface area contributed by atoms with E-state index in [0.29, 0.717) is 12.4 Å². The predicted molar refractivity (Wildman–Crippen MR) is 38.0 cm³/mol. The Bertz CT molecular complexity index is 242. The fourth-order valence-electron chi connectivity index (χ4n) is 1.15. The number of fused-ring (bicyclic) bond motifs is 1. The van der Waals surface area contributed by atoms with Crippen molar-refractivity contribution in [3.05, 3.63) is 41.7 Å². The van der Waals surface area contributed by atoms with E-state index in [1.807, 2.05) is 6.08 Å². The Hall–Kier alpha value is -1.06. The largest absolute Gasteiger partial charge is 0.621 e. The molecule has 0 aliphatic carbocycles. The predicted octanol–water partition coefficient (Wildman–Crippen LogP) is 0.787. The van der Waals surface area contributed by atoms with E-state index in [-0.39, 0.29) is 4.65 Å². The maximum absolute atomic E-state index is 11.6. The van der Waals surface area contributed by atoms with Crippen LogP contribution in [-0.4, -0.2) is 11.2 Å². The molecule has 0 aromatic carbocycles. The lowest BCUT2D eigenvalue weighted by Crippen LogP contribution is -2.41. The van der Waals surface area contributed by atoms with E-state index in [1.165, 1.54) is 0 Å². The van der Waals surface area contributed by atoms with Gasteiger partial charge in [0.05, 0.1) is 0 Å². The normalized spacial score (nSPS) is 35.1. The van der Waals surface area contributed by atoms with Gasteiger partial charge in [-0.15, -0.1) is 0 Å². The monoisotopic (exact) mass is 136 g/mol. The van der Waals surface area contributed by atoms with Gasteiger partial charge >= 0.3 is 0 Å². The first kappa shape index (κ1) is 5.70. The van der Waals surface area contributed by atoms with Crippen molar-refractivity contribution < 1.29 is 4.65 Å². The van der Waals surface area contributed by atoms with Gasteiger partial charge in [0.1, 0.15) is 12.7 Å². The Labute approximate surface area is 59.1 Å². The quantitative estimate of drug-likeness (QED) is 0.394. The van der Waals surface area contributed by atoms with Crippen LogP contribution in [0.15, 0.2) is 36.4 Å². The topological polar surface area (TPSA) is 35.1 Å². The molecule has 0 amide bonds. The van der Waals surface area contributed by atoms with Crippen molar-refractivity contribution in [3.8, 4) is 0 Å². The highest BCUT2D eigenvalue weighted by molar-refractivity contribution is 5.16. The summed E-state index contributed by atoms with van der Waals surface area (Å²) in [5.74, 6) is 0.711. The molecule has 2 aliphatic heterocycles. The van der Waals surface area contributed by atoms with E-state index in [4.69, 9.17) is 0 Å². The molecule has 0 aromatic heterocycles. The third-order valence-corrected chi connectivity index (χ3v) is 1.71. The molecule has 52 valence electrons. The van der Waals surface area contributed by atoms with Gasteiger partial charge in [-0.3, -0.25) is 4.65 Å². The molecule has 10 heavy (non-hydrogen) atoms. The fourth-order valence-corrected chi connectivity index (χ4v) is 1.15. The van der Waals surface area contributed by atoms with E-state index >= 15 is 0 Å². The molecule has 2 rings (SSSR count). The van der Waals surface area contributed by atoms with E-state index in [0.717, 1.165) is 0 Å². The maximum Gasteiger partial charge on any atom is 0.210 e. The summed E-state index contributed by atoms with van der Waals surface area (Å²) in [5, 5.41) is 14.5. The summed E-state index contributed by atoms with van der Waals surface area (Å²) in [5.41, 5.74) is 0. The highest BCUT2D eigenvalue weighted by Crippen LogP contribution is 2.22. The Morgan fingerprint density at radius 1 is 1.60 bits per heavy atom. The number of hydrogen-bond acceptors (Lipinski definition) is 2. The minimum atomic E-state index is -0.351. The molecule has 0 bridgehead atoms. The number of hydroxylamine groups is 3. The molecule has 3 nitrogen and oxygen atoms in total. The summed E-state index contributed by atoms with van der Waals surface area (Å²) in [6.07, 6.45) is 8.85. The maximum atomic E-state index is 11.6. The Morgan fingerprint density at radius 2 is 2.50 bits per heavy atom. The van der Waals surface area contributed by atoms with Gasteiger partial charge in [0.2, 0.25) is 5.82 Å². The summed E-state index contributed by atoms with van der Waals surface area (Å²) in [6.45, 7) is 0.509. The van der Waals surface area contributed by atoms with Gasteiger partial charge in [0.25, 0.3) is 0 Å². The van der Waals surface area contributed by atoms with E-state index in [2.05, 4.69) is 5.32 Å². The molecule has 2 heterocycles. The molecule has 1 N–H and O–H groups in total. The first-order chi connectivity index (χ1) is 4.81. The van der Waals surface area contributed by atoms with Crippen LogP contribution in [0, 0.1) is 5.21 Å². The average molecular weight is 136 g/mol. The lowest BCUT2D eigenvalue weighted by atomic mass is 10.4. The van der Waals surface area contributed by atoms with Crippen LogP contribution in [0.2, 0.25) is 0 Å². The standard InChI is InChI=1S/C7H8N2O/c10-9-5-1-3-7(9)8-4-2-6-9/h1-5,8H,6H2. The SMILES string of the molecule is [O-][N+]12C=CC=C1NC=CC2. The van der Waals surface area contributed by atoms with Crippen LogP contribution >= 0.6 is 0 Å². The minimum absolute atomic E-state index is 0.351. The summed E-state index contributed by atoms with van der Waals surface area (Å²) in [4.78, 5) is 0. The number of allylic oxidation sites excluding steroid dienone is 2. The van der Waals surface area contributed by atoms with Gasteiger partial charge in [-0.25, -0.2) is 0 Å². The fraction of sp³-hybridized carbons (Fsp3) is 0.143. The van der Waals surface area contributed by atoms with Gasteiger partial charge in [0.15, 0.2) is 0 Å². The van der Waals surface area contributed by atoms with E-state index < -0.39 is 0 Å². The zero-order valence-electron chi connectivity index (χ0n) is 5.45. The molecule has 0 fully saturated rings. The van der Waals surface area contributed by atoms with Crippen LogP contribution in [0.3, 0.4) is 0 Å². The molecule has 0 saturated carbocycles. The molecule has 0 aromatic rings. The lowest BCUT2D eigenvalue weighted by Gasteiger charge is -2.38. The zero-order valence-corrected chi connectivity index (χ0v) is 5.45. The molecule has 3 heteroatoms. The van der Waals surface area contributed by atoms with Gasteiger partial charge in [-0.05, 0) is 12.2 Å². The second kappa shape index (κ2) is 1.71. The summed E-state index contributed by atoms with van der Waals surface area (Å²) in [6, 6.07) is 0. The lowest BCUT2D eigenvalue weighted by molar-refractivity contribution is -0.784. The van der Waals surface area contributed by atoms with Crippen molar-refractivity contribution in [2.75, 3.05) is 6.54 Å². The van der Waals surface area contributed by atoms with E-state index in [9.17, 15) is 5.21 Å². The van der Waals surface area contributed by atoms with Crippen molar-refractivity contribution in [1.29, 1.82) is 0 Å². The van der Waals surface area contributed by atoms with Gasteiger partial charge in [-0.1, -0.05) is 0 Å². The molecule has 0 radical (unpaired) electrons. The minimum Gasteiger partial charge on any atom is -0.621 e. The molecule has 0 spiro atoms. The Balaban J connectivity index is 2.39. The second-order valence-electron chi connectivity index (χ2n) is 2.42. The van der Waals surface area contributed by atoms with Crippen molar-refractivity contribution >= 4 is 0 Å². The van der Waals surface area contributed by atoms with Crippen LogP contribution in [0.4, 0.5) is 0 Å². The Morgan fingerprint density at radius 3 is 3.30 bits per heavy atom. The number of quaternary nitrogens is 1. The summed E-state index contributed by atoms with van der Waals surface area (Å²) >= 11 is 0. The highest BCUT2D eigenvalue weighted by Gasteiger charge is 2.24. The third-order valence-electron chi connectivity index (χ3n) is 1.71. The zero-order chi connectivity index (χ0) is 7.03. The van der Waals surface area contributed by atoms with Crippen molar-refractivity contribution in [3.63, 3.8) is 0 Å². The van der Waals surface area contributed by atoms with Crippen LogP contribution in [0.1, 0.15) is 0 Å². The van der Waals surface area contributed by atoms with E-state index in [1.54, 1.807) is 24.6 Å². The van der Waals surface area contributed by atoms with Crippen LogP contribution in [0.5, 0.6) is 0 Å². The number of hydrogen-bond donors (Lipinski definition) is 1. The van der Waals surface area contributed by atoms with Crippen molar-refractivity contribution in [2.24, 2.45) is 0 Å². The molecule has 2 aliphatic rings. The highest BCUT2D eigenvalue weighted by atomic mass is 16.5. The smallest absolute Gasteiger partial charge is 0.210 e. The first-order valence-corrected chi connectivity index (χ1v) is 3.22. The van der Waals surface area contributed by atoms with Gasteiger partial charge in [-0.2, -0.15) is 0 Å². The number of rotatable bonds is 0. The second-order valence-corrected chi connectivity index (χ2v) is 2.42. The molecule has 1 atom stereocenters. The van der Waals surface area contributed by atoms with Crippen molar-refractivity contribution in [1.82, 2.24) is 5.32 Å². The first-order valence-electron chi connectivity index (χ1n) is 3.22. The van der Waals surface area contributed by atoms with Crippen molar-refractivity contribution in [2.45, 2.75) is 0 Å². The van der Waals surface area contributed by atoms with Crippen LogP contribution in [0.25, 0.3) is 0 Å². The molecular formula is C7H8N2O. The molecule has 0 saturated heterocycles. The van der Waals surface area contributed by atoms with Gasteiger partial charge < -0.3 is 10.5 Å². The third kappa shape index (κ3) is 0.616. The summed E-state index contributed by atoms with van der Waals surface area (Å²) in [7, 11) is 0. The van der Waals surface area contributed by atoms with Gasteiger partial charge in [0, 0.05) is 12.3 Å². The van der Waals surface area contributed by atoms with Crippen LogP contribution in [-0.2, 0) is 0 Å². The average Bonchev–Trinajstić information content (AvgIpc) is 2.29. The molecule has 1 unspecified atom stereocenters. The molecular weight excluding hydrogens is 128 g/mol. The number of nitrogens with one attached hydrogen (secondary N) is 1. The summed E-state index contributed by atoms with van der Waals surface area (Å²) < 4.78 is -0.351.